The number of hydrogen-bond acceptors (Lipinski definition) is 5. The maximum absolute atomic E-state index is 13.0. The molecular formula is C21H24FN3O3. The van der Waals surface area contributed by atoms with Crippen LogP contribution in [0.4, 0.5) is 10.2 Å². The Morgan fingerprint density at radius 2 is 1.93 bits per heavy atom. The molecule has 7 heteroatoms. The van der Waals surface area contributed by atoms with Crippen molar-refractivity contribution in [3.8, 4) is 0 Å². The van der Waals surface area contributed by atoms with Gasteiger partial charge in [-0.25, -0.2) is 14.2 Å². The molecule has 1 unspecified atom stereocenters. The molecule has 1 aromatic carbocycles. The lowest BCUT2D eigenvalue weighted by molar-refractivity contribution is 0.0696. The largest absolute Gasteiger partial charge is 0.478 e. The van der Waals surface area contributed by atoms with Crippen LogP contribution in [0.2, 0.25) is 0 Å². The number of carboxylic acids is 1. The maximum atomic E-state index is 13.0. The van der Waals surface area contributed by atoms with E-state index in [1.165, 1.54) is 18.3 Å². The van der Waals surface area contributed by atoms with E-state index in [0.717, 1.165) is 37.6 Å². The summed E-state index contributed by atoms with van der Waals surface area (Å²) in [6, 6.07) is 9.86. The number of pyridine rings is 1. The Kier molecular flexibility index (Phi) is 6.73. The van der Waals surface area contributed by atoms with Gasteiger partial charge in [0.2, 0.25) is 0 Å². The molecule has 0 radical (unpaired) electrons. The molecule has 1 saturated heterocycles. The second-order valence-corrected chi connectivity index (χ2v) is 6.67. The monoisotopic (exact) mass is 385 g/mol. The lowest BCUT2D eigenvalue weighted by atomic mass is 10.1. The van der Waals surface area contributed by atoms with Crippen LogP contribution in [-0.2, 0) is 4.74 Å². The zero-order chi connectivity index (χ0) is 19.9. The fourth-order valence-corrected chi connectivity index (χ4v) is 3.23. The summed E-state index contributed by atoms with van der Waals surface area (Å²) in [5.41, 5.74) is 1.14. The highest BCUT2D eigenvalue weighted by atomic mass is 19.1. The smallest absolute Gasteiger partial charge is 0.337 e. The van der Waals surface area contributed by atoms with Crippen LogP contribution in [0.5, 0.6) is 0 Å². The minimum Gasteiger partial charge on any atom is -0.478 e. The Morgan fingerprint density at radius 3 is 2.50 bits per heavy atom. The first kappa shape index (κ1) is 20.0. The molecule has 1 aliphatic heterocycles. The summed E-state index contributed by atoms with van der Waals surface area (Å²) in [5.74, 6) is -0.430. The van der Waals surface area contributed by atoms with Crippen LogP contribution in [0.25, 0.3) is 6.08 Å². The van der Waals surface area contributed by atoms with Gasteiger partial charge >= 0.3 is 5.97 Å². The van der Waals surface area contributed by atoms with Crippen LogP contribution in [0.15, 0.2) is 48.7 Å². The van der Waals surface area contributed by atoms with E-state index >= 15 is 0 Å². The third-order valence-electron chi connectivity index (χ3n) is 4.82. The number of carboxylic acid groups (broad SMARTS) is 1. The van der Waals surface area contributed by atoms with E-state index in [9.17, 15) is 9.18 Å². The Balaban J connectivity index is 1.60. The quantitative estimate of drug-likeness (QED) is 0.791. The second-order valence-electron chi connectivity index (χ2n) is 6.67. The van der Waals surface area contributed by atoms with Gasteiger partial charge in [-0.1, -0.05) is 24.3 Å². The summed E-state index contributed by atoms with van der Waals surface area (Å²) in [6.07, 6.45) is 5.47. The van der Waals surface area contributed by atoms with E-state index in [1.54, 1.807) is 31.4 Å². The number of hydrogen-bond donors (Lipinski definition) is 1. The zero-order valence-electron chi connectivity index (χ0n) is 15.8. The molecule has 1 fully saturated rings. The standard InChI is InChI=1S/C21H24FN3O3/c1-28-15-19(8-4-16-2-6-18(22)7-3-16)24-10-12-25(13-11-24)20-9-5-17(14-23-20)21(26)27/h2-9,14,19H,10-13,15H2,1H3,(H,26,27)/b8-4+. The molecule has 1 atom stereocenters. The molecule has 1 N–H and O–H groups in total. The number of piperazine rings is 1. The molecule has 2 heterocycles. The summed E-state index contributed by atoms with van der Waals surface area (Å²) < 4.78 is 18.4. The van der Waals surface area contributed by atoms with Crippen molar-refractivity contribution in [2.24, 2.45) is 0 Å². The maximum Gasteiger partial charge on any atom is 0.337 e. The average Bonchev–Trinajstić information content (AvgIpc) is 2.72. The molecule has 0 bridgehead atoms. The van der Waals surface area contributed by atoms with Gasteiger partial charge in [0.05, 0.1) is 18.2 Å². The predicted octanol–water partition coefficient (Wildman–Crippen LogP) is 2.77. The van der Waals surface area contributed by atoms with Gasteiger partial charge in [0, 0.05) is 39.5 Å². The van der Waals surface area contributed by atoms with Crippen molar-refractivity contribution in [3.63, 3.8) is 0 Å². The molecule has 2 aromatic rings. The van der Waals surface area contributed by atoms with E-state index in [0.29, 0.717) is 6.61 Å². The molecular weight excluding hydrogens is 361 g/mol. The van der Waals surface area contributed by atoms with Crippen molar-refractivity contribution in [3.05, 3.63) is 65.6 Å². The predicted molar refractivity (Wildman–Crippen MR) is 106 cm³/mol. The number of anilines is 1. The van der Waals surface area contributed by atoms with Gasteiger partial charge in [0.25, 0.3) is 0 Å². The minimum atomic E-state index is -0.973. The number of methoxy groups -OCH3 is 1. The minimum absolute atomic E-state index is 0.125. The fourth-order valence-electron chi connectivity index (χ4n) is 3.23. The van der Waals surface area contributed by atoms with Crippen LogP contribution < -0.4 is 4.90 Å². The topological polar surface area (TPSA) is 65.9 Å². The molecule has 148 valence electrons. The number of aromatic carboxylic acids is 1. The Labute approximate surface area is 163 Å². The van der Waals surface area contributed by atoms with Crippen molar-refractivity contribution in [1.82, 2.24) is 9.88 Å². The molecule has 0 amide bonds. The van der Waals surface area contributed by atoms with Gasteiger partial charge in [0.1, 0.15) is 11.6 Å². The summed E-state index contributed by atoms with van der Waals surface area (Å²) in [7, 11) is 1.68. The first-order chi connectivity index (χ1) is 13.6. The van der Waals surface area contributed by atoms with Crippen molar-refractivity contribution < 1.29 is 19.0 Å². The van der Waals surface area contributed by atoms with Crippen molar-refractivity contribution in [2.45, 2.75) is 6.04 Å². The van der Waals surface area contributed by atoms with Crippen molar-refractivity contribution >= 4 is 17.9 Å². The number of ether oxygens (including phenoxy) is 1. The number of benzene rings is 1. The lowest BCUT2D eigenvalue weighted by Gasteiger charge is -2.38. The lowest BCUT2D eigenvalue weighted by Crippen LogP contribution is -2.51. The van der Waals surface area contributed by atoms with Gasteiger partial charge in [-0.05, 0) is 29.8 Å². The number of aromatic nitrogens is 1. The summed E-state index contributed by atoms with van der Waals surface area (Å²) in [6.45, 7) is 3.84. The zero-order valence-corrected chi connectivity index (χ0v) is 15.8. The van der Waals surface area contributed by atoms with Gasteiger partial charge in [-0.2, -0.15) is 0 Å². The third kappa shape index (κ3) is 5.15. The van der Waals surface area contributed by atoms with Gasteiger partial charge in [0.15, 0.2) is 0 Å². The number of rotatable bonds is 7. The highest BCUT2D eigenvalue weighted by Gasteiger charge is 2.23. The molecule has 1 aliphatic rings. The Hall–Kier alpha value is -2.77. The average molecular weight is 385 g/mol. The first-order valence-electron chi connectivity index (χ1n) is 9.18. The molecule has 6 nitrogen and oxygen atoms in total. The van der Waals surface area contributed by atoms with Crippen LogP contribution >= 0.6 is 0 Å². The SMILES string of the molecule is COCC(/C=C/c1ccc(F)cc1)N1CCN(c2ccc(C(=O)O)cn2)CC1. The first-order valence-corrected chi connectivity index (χ1v) is 9.18. The highest BCUT2D eigenvalue weighted by molar-refractivity contribution is 5.87. The molecule has 28 heavy (non-hydrogen) atoms. The second kappa shape index (κ2) is 9.43. The summed E-state index contributed by atoms with van der Waals surface area (Å²) in [4.78, 5) is 19.7. The van der Waals surface area contributed by atoms with E-state index in [1.807, 2.05) is 6.08 Å². The van der Waals surface area contributed by atoms with E-state index in [-0.39, 0.29) is 17.4 Å². The van der Waals surface area contributed by atoms with Crippen LogP contribution in [-0.4, -0.2) is 66.9 Å². The third-order valence-corrected chi connectivity index (χ3v) is 4.82. The van der Waals surface area contributed by atoms with Crippen LogP contribution in [0, 0.1) is 5.82 Å². The molecule has 0 saturated carbocycles. The Morgan fingerprint density at radius 1 is 1.21 bits per heavy atom. The van der Waals surface area contributed by atoms with Gasteiger partial charge in [-0.15, -0.1) is 0 Å². The van der Waals surface area contributed by atoms with E-state index < -0.39 is 5.97 Å². The highest BCUT2D eigenvalue weighted by Crippen LogP contribution is 2.17. The van der Waals surface area contributed by atoms with E-state index in [2.05, 4.69) is 20.9 Å². The summed E-state index contributed by atoms with van der Waals surface area (Å²) in [5, 5.41) is 8.98. The number of nitrogens with zero attached hydrogens (tertiary/aromatic N) is 3. The molecule has 1 aromatic heterocycles. The van der Waals surface area contributed by atoms with Gasteiger partial charge < -0.3 is 14.7 Å². The fraction of sp³-hybridized carbons (Fsp3) is 0.333. The molecule has 3 rings (SSSR count). The van der Waals surface area contributed by atoms with Crippen LogP contribution in [0.3, 0.4) is 0 Å². The molecule has 0 aliphatic carbocycles. The normalized spacial score (nSPS) is 16.4. The van der Waals surface area contributed by atoms with Crippen LogP contribution in [0.1, 0.15) is 15.9 Å². The molecule has 0 spiro atoms. The van der Waals surface area contributed by atoms with Crippen molar-refractivity contribution in [1.29, 1.82) is 0 Å². The number of carbonyl (C=O) groups is 1. The Bertz CT molecular complexity index is 801. The summed E-state index contributed by atoms with van der Waals surface area (Å²) >= 11 is 0. The van der Waals surface area contributed by atoms with Gasteiger partial charge in [-0.3, -0.25) is 4.90 Å². The number of halogens is 1. The van der Waals surface area contributed by atoms with E-state index in [4.69, 9.17) is 9.84 Å². The van der Waals surface area contributed by atoms with Crippen molar-refractivity contribution in [2.75, 3.05) is 44.8 Å².